The van der Waals surface area contributed by atoms with E-state index in [4.69, 9.17) is 0 Å². The van der Waals surface area contributed by atoms with Gasteiger partial charge in [0.15, 0.2) is 0 Å². The van der Waals surface area contributed by atoms with E-state index < -0.39 is 0 Å². The van der Waals surface area contributed by atoms with Gasteiger partial charge in [-0.2, -0.15) is 0 Å². The van der Waals surface area contributed by atoms with Crippen LogP contribution in [0.15, 0.2) is 24.3 Å². The van der Waals surface area contributed by atoms with Gasteiger partial charge in [-0.1, -0.05) is 19.1 Å². The third-order valence-electron chi connectivity index (χ3n) is 5.40. The number of hydrogen-bond donors (Lipinski definition) is 0. The Kier molecular flexibility index (Phi) is 7.21. The number of fused-ring (bicyclic) bond motifs is 1. The van der Waals surface area contributed by atoms with Gasteiger partial charge < -0.3 is 9.80 Å². The Hall–Kier alpha value is -1.50. The average Bonchev–Trinajstić information content (AvgIpc) is 3.28. The summed E-state index contributed by atoms with van der Waals surface area (Å²) in [7, 11) is 4.13. The molecule has 0 radical (unpaired) electrons. The van der Waals surface area contributed by atoms with Crippen molar-refractivity contribution in [3.05, 3.63) is 29.3 Å². The second-order valence-electron chi connectivity index (χ2n) is 7.64. The molecule has 0 unspecified atom stereocenters. The van der Waals surface area contributed by atoms with Crippen molar-refractivity contribution in [1.82, 2.24) is 19.7 Å². The highest BCUT2D eigenvalue weighted by atomic mass is 32.1. The number of carbonyl (C=O) groups is 1. The van der Waals surface area contributed by atoms with Crippen molar-refractivity contribution in [2.75, 3.05) is 46.8 Å². The summed E-state index contributed by atoms with van der Waals surface area (Å²) in [4.78, 5) is 24.4. The Morgan fingerprint density at radius 1 is 1.30 bits per heavy atom. The highest BCUT2D eigenvalue weighted by Crippen LogP contribution is 2.23. The maximum Gasteiger partial charge on any atom is 0.223 e. The zero-order valence-electron chi connectivity index (χ0n) is 16.9. The van der Waals surface area contributed by atoms with E-state index in [2.05, 4.69) is 46.8 Å². The SMILES string of the molecule is CCN1CCC[C@H]1CN(CCN(C)C)C(=O)CCc1nc2ccccc2s1. The minimum absolute atomic E-state index is 0.263. The molecule has 1 amide bonds. The predicted octanol–water partition coefficient (Wildman–Crippen LogP) is 3.10. The minimum Gasteiger partial charge on any atom is -0.340 e. The fourth-order valence-electron chi connectivity index (χ4n) is 3.81. The van der Waals surface area contributed by atoms with Crippen LogP contribution in [0.3, 0.4) is 0 Å². The first-order valence-electron chi connectivity index (χ1n) is 10.1. The van der Waals surface area contributed by atoms with Crippen LogP contribution in [-0.4, -0.2) is 78.5 Å². The van der Waals surface area contributed by atoms with Gasteiger partial charge in [-0.3, -0.25) is 9.69 Å². The van der Waals surface area contributed by atoms with E-state index >= 15 is 0 Å². The van der Waals surface area contributed by atoms with Crippen molar-refractivity contribution in [3.8, 4) is 0 Å². The summed E-state index contributed by atoms with van der Waals surface area (Å²) < 4.78 is 1.20. The zero-order valence-corrected chi connectivity index (χ0v) is 17.7. The molecule has 3 rings (SSSR count). The molecule has 0 N–H and O–H groups in total. The normalized spacial score (nSPS) is 17.9. The topological polar surface area (TPSA) is 39.7 Å². The molecule has 0 saturated carbocycles. The van der Waals surface area contributed by atoms with E-state index in [-0.39, 0.29) is 5.91 Å². The van der Waals surface area contributed by atoms with Crippen molar-refractivity contribution >= 4 is 27.5 Å². The molecule has 1 aromatic carbocycles. The molecule has 1 atom stereocenters. The number of carbonyl (C=O) groups excluding carboxylic acids is 1. The molecule has 1 aliphatic rings. The number of likely N-dealkylation sites (N-methyl/N-ethyl adjacent to an activating group) is 2. The number of thiazole rings is 1. The van der Waals surface area contributed by atoms with Gasteiger partial charge in [0.1, 0.15) is 0 Å². The first-order chi connectivity index (χ1) is 13.1. The summed E-state index contributed by atoms with van der Waals surface area (Å²) in [5, 5.41) is 1.06. The van der Waals surface area contributed by atoms with Crippen LogP contribution in [-0.2, 0) is 11.2 Å². The molecular weight excluding hydrogens is 356 g/mol. The van der Waals surface area contributed by atoms with Crippen molar-refractivity contribution in [1.29, 1.82) is 0 Å². The Morgan fingerprint density at radius 3 is 2.85 bits per heavy atom. The molecule has 1 aromatic heterocycles. The van der Waals surface area contributed by atoms with Crippen LogP contribution in [0.25, 0.3) is 10.2 Å². The molecule has 5 nitrogen and oxygen atoms in total. The van der Waals surface area contributed by atoms with Crippen molar-refractivity contribution in [2.45, 2.75) is 38.6 Å². The number of aryl methyl sites for hydroxylation is 1. The molecule has 0 bridgehead atoms. The highest BCUT2D eigenvalue weighted by molar-refractivity contribution is 7.18. The second-order valence-corrected chi connectivity index (χ2v) is 8.76. The van der Waals surface area contributed by atoms with E-state index in [1.165, 1.54) is 24.1 Å². The molecule has 1 fully saturated rings. The quantitative estimate of drug-likeness (QED) is 0.662. The molecule has 2 heterocycles. The third kappa shape index (κ3) is 5.50. The van der Waals surface area contributed by atoms with Crippen LogP contribution in [0.1, 0.15) is 31.2 Å². The van der Waals surface area contributed by atoms with Crippen LogP contribution >= 0.6 is 11.3 Å². The van der Waals surface area contributed by atoms with Crippen LogP contribution in [0.2, 0.25) is 0 Å². The third-order valence-corrected chi connectivity index (χ3v) is 6.49. The largest absolute Gasteiger partial charge is 0.340 e. The number of amides is 1. The van der Waals surface area contributed by atoms with Crippen LogP contribution < -0.4 is 0 Å². The van der Waals surface area contributed by atoms with Gasteiger partial charge in [0.05, 0.1) is 15.2 Å². The standard InChI is InChI=1S/C21H32N4OS/c1-4-24-13-7-8-17(24)16-25(15-14-23(2)3)21(26)12-11-20-22-18-9-5-6-10-19(18)27-20/h5-6,9-10,17H,4,7-8,11-16H2,1-3H3/t17-/m0/s1. The maximum absolute atomic E-state index is 13.0. The smallest absolute Gasteiger partial charge is 0.223 e. The van der Waals surface area contributed by atoms with E-state index in [0.717, 1.165) is 43.1 Å². The summed E-state index contributed by atoms with van der Waals surface area (Å²) in [5.74, 6) is 0.263. The molecule has 148 valence electrons. The van der Waals surface area contributed by atoms with E-state index in [1.54, 1.807) is 11.3 Å². The molecule has 6 heteroatoms. The molecular formula is C21H32N4OS. The van der Waals surface area contributed by atoms with Crippen molar-refractivity contribution in [3.63, 3.8) is 0 Å². The maximum atomic E-state index is 13.0. The Morgan fingerprint density at radius 2 is 2.11 bits per heavy atom. The van der Waals surface area contributed by atoms with Gasteiger partial charge in [0.2, 0.25) is 5.91 Å². The van der Waals surface area contributed by atoms with Crippen LogP contribution in [0.5, 0.6) is 0 Å². The van der Waals surface area contributed by atoms with Gasteiger partial charge in [-0.25, -0.2) is 4.98 Å². The molecule has 27 heavy (non-hydrogen) atoms. The molecule has 1 aliphatic heterocycles. The summed E-state index contributed by atoms with van der Waals surface area (Å²) in [6, 6.07) is 8.71. The fourth-order valence-corrected chi connectivity index (χ4v) is 4.78. The first kappa shape index (κ1) is 20.2. The molecule has 1 saturated heterocycles. The predicted molar refractivity (Wildman–Crippen MR) is 113 cm³/mol. The molecule has 2 aromatic rings. The van der Waals surface area contributed by atoms with Crippen LogP contribution in [0.4, 0.5) is 0 Å². The number of para-hydroxylation sites is 1. The summed E-state index contributed by atoms with van der Waals surface area (Å²) >= 11 is 1.71. The highest BCUT2D eigenvalue weighted by Gasteiger charge is 2.27. The lowest BCUT2D eigenvalue weighted by Gasteiger charge is -2.31. The van der Waals surface area contributed by atoms with Gasteiger partial charge >= 0.3 is 0 Å². The monoisotopic (exact) mass is 388 g/mol. The van der Waals surface area contributed by atoms with E-state index in [0.29, 0.717) is 12.5 Å². The molecule has 0 aliphatic carbocycles. The fraction of sp³-hybridized carbons (Fsp3) is 0.619. The minimum atomic E-state index is 0.263. The number of hydrogen-bond acceptors (Lipinski definition) is 5. The van der Waals surface area contributed by atoms with Crippen molar-refractivity contribution < 1.29 is 4.79 Å². The first-order valence-corrected chi connectivity index (χ1v) is 10.9. The molecule has 0 spiro atoms. The average molecular weight is 389 g/mol. The van der Waals surface area contributed by atoms with Crippen LogP contribution in [0, 0.1) is 0 Å². The summed E-state index contributed by atoms with van der Waals surface area (Å²) in [6.45, 7) is 7.04. The lowest BCUT2D eigenvalue weighted by atomic mass is 10.2. The number of rotatable bonds is 9. The summed E-state index contributed by atoms with van der Waals surface area (Å²) in [6.07, 6.45) is 3.74. The number of aromatic nitrogens is 1. The number of benzene rings is 1. The lowest BCUT2D eigenvalue weighted by molar-refractivity contribution is -0.132. The number of nitrogens with zero attached hydrogens (tertiary/aromatic N) is 4. The zero-order chi connectivity index (χ0) is 19.2. The Balaban J connectivity index is 1.60. The lowest BCUT2D eigenvalue weighted by Crippen LogP contribution is -2.45. The second kappa shape index (κ2) is 9.62. The summed E-state index contributed by atoms with van der Waals surface area (Å²) in [5.41, 5.74) is 1.04. The van der Waals surface area contributed by atoms with Crippen molar-refractivity contribution in [2.24, 2.45) is 0 Å². The Labute approximate surface area is 167 Å². The van der Waals surface area contributed by atoms with Gasteiger partial charge in [-0.05, 0) is 52.2 Å². The van der Waals surface area contributed by atoms with Gasteiger partial charge in [0.25, 0.3) is 0 Å². The van der Waals surface area contributed by atoms with E-state index in [9.17, 15) is 4.79 Å². The Bertz CT molecular complexity index is 712. The van der Waals surface area contributed by atoms with Gasteiger partial charge in [-0.15, -0.1) is 11.3 Å². The van der Waals surface area contributed by atoms with Gasteiger partial charge in [0, 0.05) is 38.5 Å². The van der Waals surface area contributed by atoms with E-state index in [1.807, 2.05) is 18.2 Å². The number of likely N-dealkylation sites (tertiary alicyclic amines) is 1.